The van der Waals surface area contributed by atoms with Gasteiger partial charge in [0, 0.05) is 11.7 Å². The minimum Gasteiger partial charge on any atom is -0.491 e. The normalized spacial score (nSPS) is 26.6. The monoisotopic (exact) mass is 275 g/mol. The second-order valence-corrected chi connectivity index (χ2v) is 6.79. The summed E-state index contributed by atoms with van der Waals surface area (Å²) < 4.78 is 5.75. The van der Waals surface area contributed by atoms with E-state index in [1.54, 1.807) is 0 Å². The van der Waals surface area contributed by atoms with Gasteiger partial charge >= 0.3 is 0 Å². The maximum absolute atomic E-state index is 5.75. The molecule has 1 aromatic carbocycles. The molecule has 1 aliphatic carbocycles. The van der Waals surface area contributed by atoms with Gasteiger partial charge in [-0.15, -0.1) is 0 Å². The number of hydrogen-bond donors (Lipinski definition) is 1. The summed E-state index contributed by atoms with van der Waals surface area (Å²) in [6.45, 7) is 11.0. The summed E-state index contributed by atoms with van der Waals surface area (Å²) in [6.07, 6.45) is 4.23. The molecule has 2 nitrogen and oxygen atoms in total. The summed E-state index contributed by atoms with van der Waals surface area (Å²) in [6, 6.07) is 6.99. The second-order valence-electron chi connectivity index (χ2n) is 6.79. The fraction of sp³-hybridized carbons (Fsp3) is 0.667. The zero-order chi connectivity index (χ0) is 14.7. The zero-order valence-electron chi connectivity index (χ0n) is 13.6. The van der Waals surface area contributed by atoms with Gasteiger partial charge in [0.1, 0.15) is 5.75 Å². The molecule has 3 unspecified atom stereocenters. The van der Waals surface area contributed by atoms with Gasteiger partial charge in [0.25, 0.3) is 0 Å². The molecule has 2 rings (SSSR count). The topological polar surface area (TPSA) is 21.3 Å². The van der Waals surface area contributed by atoms with Crippen LogP contribution in [-0.2, 0) is 0 Å². The van der Waals surface area contributed by atoms with Crippen LogP contribution in [0.15, 0.2) is 18.2 Å². The van der Waals surface area contributed by atoms with Crippen LogP contribution < -0.4 is 10.1 Å². The van der Waals surface area contributed by atoms with Crippen LogP contribution in [0.4, 0.5) is 5.69 Å². The predicted octanol–water partition coefficient (Wildman–Crippen LogP) is 5.02. The Balaban J connectivity index is 2.05. The standard InChI is InChI=1S/C18H29NO/c1-12(2)20-16-8-9-17(15(5)11-16)19-18-10-13(3)6-7-14(18)4/h8-9,11-14,18-19H,6-7,10H2,1-5H3. The molecule has 1 saturated carbocycles. The summed E-state index contributed by atoms with van der Waals surface area (Å²) in [5, 5.41) is 3.75. The molecule has 0 aliphatic heterocycles. The molecule has 1 aliphatic rings. The average molecular weight is 275 g/mol. The van der Waals surface area contributed by atoms with Gasteiger partial charge in [0.15, 0.2) is 0 Å². The van der Waals surface area contributed by atoms with E-state index < -0.39 is 0 Å². The highest BCUT2D eigenvalue weighted by molar-refractivity contribution is 5.54. The third kappa shape index (κ3) is 3.91. The molecule has 1 aromatic rings. The van der Waals surface area contributed by atoms with Crippen LogP contribution in [0.1, 0.15) is 52.5 Å². The number of aryl methyl sites for hydroxylation is 1. The van der Waals surface area contributed by atoms with Crippen LogP contribution >= 0.6 is 0 Å². The number of benzene rings is 1. The van der Waals surface area contributed by atoms with Crippen LogP contribution in [0.2, 0.25) is 0 Å². The molecule has 0 bridgehead atoms. The molecule has 0 aromatic heterocycles. The summed E-state index contributed by atoms with van der Waals surface area (Å²) in [5.74, 6) is 2.57. The van der Waals surface area contributed by atoms with E-state index in [1.807, 2.05) is 0 Å². The maximum Gasteiger partial charge on any atom is 0.120 e. The molecule has 20 heavy (non-hydrogen) atoms. The highest BCUT2D eigenvalue weighted by Gasteiger charge is 2.25. The van der Waals surface area contributed by atoms with E-state index >= 15 is 0 Å². The molecule has 112 valence electrons. The minimum atomic E-state index is 0.229. The van der Waals surface area contributed by atoms with Crippen LogP contribution in [0.3, 0.4) is 0 Å². The first-order chi connectivity index (χ1) is 9.45. The van der Waals surface area contributed by atoms with Crippen LogP contribution in [0.25, 0.3) is 0 Å². The van der Waals surface area contributed by atoms with Crippen molar-refractivity contribution in [2.24, 2.45) is 11.8 Å². The van der Waals surface area contributed by atoms with Crippen molar-refractivity contribution in [3.8, 4) is 5.75 Å². The number of hydrogen-bond acceptors (Lipinski definition) is 2. The lowest BCUT2D eigenvalue weighted by Gasteiger charge is -2.34. The Kier molecular flexibility index (Phi) is 4.95. The largest absolute Gasteiger partial charge is 0.491 e. The molecule has 0 spiro atoms. The molecule has 0 radical (unpaired) electrons. The van der Waals surface area contributed by atoms with Crippen molar-refractivity contribution in [2.75, 3.05) is 5.32 Å². The first kappa shape index (κ1) is 15.2. The van der Waals surface area contributed by atoms with E-state index in [0.717, 1.165) is 17.6 Å². The smallest absolute Gasteiger partial charge is 0.120 e. The lowest BCUT2D eigenvalue weighted by atomic mass is 9.80. The molecule has 0 heterocycles. The highest BCUT2D eigenvalue weighted by atomic mass is 16.5. The Morgan fingerprint density at radius 3 is 2.60 bits per heavy atom. The van der Waals surface area contributed by atoms with E-state index in [9.17, 15) is 0 Å². The summed E-state index contributed by atoms with van der Waals surface area (Å²) in [5.41, 5.74) is 2.53. The van der Waals surface area contributed by atoms with E-state index in [-0.39, 0.29) is 6.10 Å². The van der Waals surface area contributed by atoms with Crippen LogP contribution in [-0.4, -0.2) is 12.1 Å². The van der Waals surface area contributed by atoms with Crippen molar-refractivity contribution >= 4 is 5.69 Å². The van der Waals surface area contributed by atoms with Gasteiger partial charge in [-0.2, -0.15) is 0 Å². The van der Waals surface area contributed by atoms with Crippen LogP contribution in [0, 0.1) is 18.8 Å². The summed E-state index contributed by atoms with van der Waals surface area (Å²) in [7, 11) is 0. The van der Waals surface area contributed by atoms with Crippen molar-refractivity contribution in [1.29, 1.82) is 0 Å². The number of nitrogens with one attached hydrogen (secondary N) is 1. The lowest BCUT2D eigenvalue weighted by Crippen LogP contribution is -2.33. The second kappa shape index (κ2) is 6.51. The third-order valence-electron chi connectivity index (χ3n) is 4.37. The Morgan fingerprint density at radius 2 is 1.95 bits per heavy atom. The SMILES string of the molecule is Cc1cc(OC(C)C)ccc1NC1CC(C)CCC1C. The molecule has 0 amide bonds. The lowest BCUT2D eigenvalue weighted by molar-refractivity contribution is 0.242. The Bertz CT molecular complexity index is 441. The van der Waals surface area contributed by atoms with Gasteiger partial charge in [-0.3, -0.25) is 0 Å². The first-order valence-electron chi connectivity index (χ1n) is 7.99. The maximum atomic E-state index is 5.75. The zero-order valence-corrected chi connectivity index (χ0v) is 13.6. The van der Waals surface area contributed by atoms with Gasteiger partial charge in [0.2, 0.25) is 0 Å². The minimum absolute atomic E-state index is 0.229. The Morgan fingerprint density at radius 1 is 1.20 bits per heavy atom. The van der Waals surface area contributed by atoms with Gasteiger partial charge in [-0.1, -0.05) is 20.3 Å². The fourth-order valence-electron chi connectivity index (χ4n) is 3.08. The molecule has 1 N–H and O–H groups in total. The number of rotatable bonds is 4. The van der Waals surface area contributed by atoms with Gasteiger partial charge < -0.3 is 10.1 Å². The van der Waals surface area contributed by atoms with E-state index in [1.165, 1.54) is 30.5 Å². The van der Waals surface area contributed by atoms with Crippen molar-refractivity contribution in [2.45, 2.75) is 66.0 Å². The quantitative estimate of drug-likeness (QED) is 0.833. The molecular formula is C18H29NO. The predicted molar refractivity (Wildman–Crippen MR) is 86.5 cm³/mol. The Labute approximate surface area is 123 Å². The fourth-order valence-corrected chi connectivity index (χ4v) is 3.08. The molecular weight excluding hydrogens is 246 g/mol. The van der Waals surface area contributed by atoms with Gasteiger partial charge in [-0.05, 0) is 69.2 Å². The van der Waals surface area contributed by atoms with Gasteiger partial charge in [-0.25, -0.2) is 0 Å². The number of ether oxygens (including phenoxy) is 1. The van der Waals surface area contributed by atoms with Crippen LogP contribution in [0.5, 0.6) is 5.75 Å². The average Bonchev–Trinajstić information content (AvgIpc) is 2.36. The van der Waals surface area contributed by atoms with E-state index in [0.29, 0.717) is 6.04 Å². The molecule has 3 atom stereocenters. The van der Waals surface area contributed by atoms with E-state index in [4.69, 9.17) is 4.74 Å². The Hall–Kier alpha value is -1.18. The van der Waals surface area contributed by atoms with Gasteiger partial charge in [0.05, 0.1) is 6.10 Å². The highest BCUT2D eigenvalue weighted by Crippen LogP contribution is 2.32. The van der Waals surface area contributed by atoms with Crippen molar-refractivity contribution in [1.82, 2.24) is 0 Å². The first-order valence-corrected chi connectivity index (χ1v) is 7.99. The number of anilines is 1. The summed E-state index contributed by atoms with van der Waals surface area (Å²) >= 11 is 0. The molecule has 0 saturated heterocycles. The summed E-state index contributed by atoms with van der Waals surface area (Å²) in [4.78, 5) is 0. The van der Waals surface area contributed by atoms with Crippen molar-refractivity contribution in [3.05, 3.63) is 23.8 Å². The van der Waals surface area contributed by atoms with Crippen molar-refractivity contribution < 1.29 is 4.74 Å². The molecule has 1 fully saturated rings. The van der Waals surface area contributed by atoms with E-state index in [2.05, 4.69) is 58.1 Å². The molecule has 2 heteroatoms. The third-order valence-corrected chi connectivity index (χ3v) is 4.37. The van der Waals surface area contributed by atoms with Crippen molar-refractivity contribution in [3.63, 3.8) is 0 Å².